The lowest BCUT2D eigenvalue weighted by Crippen LogP contribution is -2.12. The predicted octanol–water partition coefficient (Wildman–Crippen LogP) is 3.54. The highest BCUT2D eigenvalue weighted by Crippen LogP contribution is 2.30. The van der Waals surface area contributed by atoms with Crippen LogP contribution in [-0.4, -0.2) is 6.04 Å². The average Bonchev–Trinajstić information content (AvgIpc) is 2.13. The summed E-state index contributed by atoms with van der Waals surface area (Å²) in [7, 11) is 0. The van der Waals surface area contributed by atoms with Crippen molar-refractivity contribution < 1.29 is 0 Å². The van der Waals surface area contributed by atoms with E-state index < -0.39 is 0 Å². The van der Waals surface area contributed by atoms with E-state index in [4.69, 9.17) is 18.0 Å². The van der Waals surface area contributed by atoms with E-state index in [1.54, 1.807) is 0 Å². The normalized spacial score (nSPS) is 11.8. The van der Waals surface area contributed by atoms with Crippen molar-refractivity contribution >= 4 is 33.2 Å². The predicted molar refractivity (Wildman–Crippen MR) is 61.1 cm³/mol. The Kier molecular flexibility index (Phi) is 3.65. The summed E-state index contributed by atoms with van der Waals surface area (Å²) in [6.45, 7) is 1.91. The molecule has 1 atom stereocenters. The van der Waals surface area contributed by atoms with Gasteiger partial charge in [0.2, 0.25) is 0 Å². The van der Waals surface area contributed by atoms with Crippen LogP contribution in [0.2, 0.25) is 5.02 Å². The van der Waals surface area contributed by atoms with E-state index >= 15 is 0 Å². The van der Waals surface area contributed by atoms with Gasteiger partial charge in [0.05, 0.1) is 21.2 Å². The van der Waals surface area contributed by atoms with Gasteiger partial charge in [0.25, 0.3) is 0 Å². The maximum atomic E-state index is 5.90. The van der Waals surface area contributed by atoms with Crippen molar-refractivity contribution in [1.82, 2.24) is 0 Å². The van der Waals surface area contributed by atoms with Crippen LogP contribution in [0, 0.1) is 12.3 Å². The number of nitrogens with one attached hydrogen (secondary N) is 1. The molecule has 1 aromatic carbocycles. The zero-order valence-corrected chi connectivity index (χ0v) is 9.48. The Hall–Kier alpha value is -0.650. The lowest BCUT2D eigenvalue weighted by Gasteiger charge is -2.11. The van der Waals surface area contributed by atoms with Gasteiger partial charge in [-0.2, -0.15) is 0 Å². The number of hydrogen-bond acceptors (Lipinski definition) is 1. The number of terminal acetylenes is 1. The van der Waals surface area contributed by atoms with Gasteiger partial charge in [0.1, 0.15) is 0 Å². The van der Waals surface area contributed by atoms with Crippen molar-refractivity contribution in [3.8, 4) is 12.3 Å². The zero-order chi connectivity index (χ0) is 9.84. The summed E-state index contributed by atoms with van der Waals surface area (Å²) in [6, 6.07) is 5.61. The molecule has 3 heteroatoms. The number of benzene rings is 1. The van der Waals surface area contributed by atoms with Gasteiger partial charge in [-0.15, -0.1) is 6.42 Å². The second kappa shape index (κ2) is 4.55. The van der Waals surface area contributed by atoms with Crippen molar-refractivity contribution in [1.29, 1.82) is 0 Å². The van der Waals surface area contributed by atoms with Crippen molar-refractivity contribution in [2.24, 2.45) is 0 Å². The van der Waals surface area contributed by atoms with Crippen LogP contribution in [0.3, 0.4) is 0 Å². The number of hydrogen-bond donors (Lipinski definition) is 1. The third-order valence-corrected chi connectivity index (χ3v) is 2.97. The highest BCUT2D eigenvalue weighted by atomic mass is 79.9. The molecule has 0 fully saturated rings. The topological polar surface area (TPSA) is 12.0 Å². The van der Waals surface area contributed by atoms with Crippen LogP contribution in [0.25, 0.3) is 0 Å². The molecule has 0 bridgehead atoms. The van der Waals surface area contributed by atoms with Crippen molar-refractivity contribution in [3.63, 3.8) is 0 Å². The highest BCUT2D eigenvalue weighted by molar-refractivity contribution is 9.10. The molecule has 0 heterocycles. The molecule has 0 aromatic heterocycles. The molecule has 0 spiro atoms. The molecule has 0 saturated heterocycles. The van der Waals surface area contributed by atoms with Crippen LogP contribution in [0.5, 0.6) is 0 Å². The van der Waals surface area contributed by atoms with Crippen LogP contribution < -0.4 is 5.32 Å². The van der Waals surface area contributed by atoms with E-state index in [9.17, 15) is 0 Å². The molecule has 0 saturated carbocycles. The molecule has 1 rings (SSSR count). The number of anilines is 1. The maximum absolute atomic E-state index is 5.90. The summed E-state index contributed by atoms with van der Waals surface area (Å²) in [6.07, 6.45) is 5.25. The number of halogens is 2. The van der Waals surface area contributed by atoms with Gasteiger partial charge in [0, 0.05) is 0 Å². The van der Waals surface area contributed by atoms with Gasteiger partial charge >= 0.3 is 0 Å². The third-order valence-electron chi connectivity index (χ3n) is 1.57. The summed E-state index contributed by atoms with van der Waals surface area (Å²) in [4.78, 5) is 0. The first-order valence-corrected chi connectivity index (χ1v) is 4.99. The van der Waals surface area contributed by atoms with Crippen LogP contribution in [0.15, 0.2) is 22.7 Å². The molecule has 13 heavy (non-hydrogen) atoms. The smallest absolute Gasteiger partial charge is 0.0846 e. The molecular weight excluding hydrogens is 249 g/mol. The fourth-order valence-corrected chi connectivity index (χ4v) is 1.44. The molecule has 1 aromatic rings. The summed E-state index contributed by atoms with van der Waals surface area (Å²) >= 11 is 9.28. The van der Waals surface area contributed by atoms with E-state index in [1.807, 2.05) is 25.1 Å². The monoisotopic (exact) mass is 257 g/mol. The average molecular weight is 259 g/mol. The van der Waals surface area contributed by atoms with E-state index in [1.165, 1.54) is 0 Å². The fraction of sp³-hybridized carbons (Fsp3) is 0.200. The lowest BCUT2D eigenvalue weighted by molar-refractivity contribution is 1.03. The Morgan fingerprint density at radius 3 is 2.92 bits per heavy atom. The molecule has 68 valence electrons. The third kappa shape index (κ3) is 2.65. The molecule has 0 aliphatic rings. The second-order valence-corrected chi connectivity index (χ2v) is 3.83. The van der Waals surface area contributed by atoms with E-state index in [0.29, 0.717) is 5.02 Å². The molecule has 1 unspecified atom stereocenters. The van der Waals surface area contributed by atoms with Gasteiger partial charge in [0.15, 0.2) is 0 Å². The first kappa shape index (κ1) is 10.4. The van der Waals surface area contributed by atoms with Gasteiger partial charge < -0.3 is 5.32 Å². The first-order valence-electron chi connectivity index (χ1n) is 3.82. The molecule has 0 amide bonds. The Bertz CT molecular complexity index is 343. The minimum atomic E-state index is -0.00485. The lowest BCUT2D eigenvalue weighted by atomic mass is 10.3. The van der Waals surface area contributed by atoms with Crippen LogP contribution in [0.4, 0.5) is 5.69 Å². The van der Waals surface area contributed by atoms with Crippen LogP contribution in [-0.2, 0) is 0 Å². The van der Waals surface area contributed by atoms with Crippen LogP contribution in [0.1, 0.15) is 6.92 Å². The Labute approximate surface area is 91.6 Å². The molecule has 0 aliphatic carbocycles. The van der Waals surface area contributed by atoms with Gasteiger partial charge in [-0.1, -0.05) is 23.6 Å². The summed E-state index contributed by atoms with van der Waals surface area (Å²) in [5.41, 5.74) is 0.915. The first-order chi connectivity index (χ1) is 6.15. The highest BCUT2D eigenvalue weighted by Gasteiger charge is 2.04. The second-order valence-electron chi connectivity index (χ2n) is 2.63. The van der Waals surface area contributed by atoms with Crippen molar-refractivity contribution in [3.05, 3.63) is 27.7 Å². The summed E-state index contributed by atoms with van der Waals surface area (Å²) < 4.78 is 0.846. The minimum Gasteiger partial charge on any atom is -0.371 e. The molecule has 1 nitrogen and oxygen atoms in total. The summed E-state index contributed by atoms with van der Waals surface area (Å²) in [5, 5.41) is 3.81. The van der Waals surface area contributed by atoms with Gasteiger partial charge in [-0.05, 0) is 35.0 Å². The zero-order valence-electron chi connectivity index (χ0n) is 7.14. The van der Waals surface area contributed by atoms with E-state index in [-0.39, 0.29) is 6.04 Å². The summed E-state index contributed by atoms with van der Waals surface area (Å²) in [5.74, 6) is 2.59. The largest absolute Gasteiger partial charge is 0.371 e. The molecular formula is C10H9BrClN. The van der Waals surface area contributed by atoms with Crippen molar-refractivity contribution in [2.75, 3.05) is 5.32 Å². The maximum Gasteiger partial charge on any atom is 0.0846 e. The minimum absolute atomic E-state index is 0.00485. The van der Waals surface area contributed by atoms with Gasteiger partial charge in [-0.25, -0.2) is 0 Å². The molecule has 1 N–H and O–H groups in total. The van der Waals surface area contributed by atoms with Crippen LogP contribution >= 0.6 is 27.5 Å². The van der Waals surface area contributed by atoms with Crippen molar-refractivity contribution in [2.45, 2.75) is 13.0 Å². The van der Waals surface area contributed by atoms with Gasteiger partial charge in [-0.3, -0.25) is 0 Å². The Balaban J connectivity index is 2.90. The Morgan fingerprint density at radius 1 is 1.62 bits per heavy atom. The fourth-order valence-electron chi connectivity index (χ4n) is 0.890. The Morgan fingerprint density at radius 2 is 2.31 bits per heavy atom. The molecule has 0 aliphatic heterocycles. The SMILES string of the molecule is C#CC(C)Nc1cccc(Cl)c1Br. The number of rotatable bonds is 2. The molecule has 0 radical (unpaired) electrons. The quantitative estimate of drug-likeness (QED) is 0.800. The van der Waals surface area contributed by atoms with E-state index in [0.717, 1.165) is 10.2 Å². The van der Waals surface area contributed by atoms with E-state index in [2.05, 4.69) is 27.2 Å². The standard InChI is InChI=1S/C10H9BrClN/c1-3-7(2)13-9-6-4-5-8(12)10(9)11/h1,4-7,13H,2H3.